The molecule has 1 N–H and O–H groups in total. The number of para-hydroxylation sites is 3. The Bertz CT molecular complexity index is 1430. The van der Waals surface area contributed by atoms with Crippen LogP contribution in [0.4, 0.5) is 0 Å². The number of pyridine rings is 1. The number of rotatable bonds is 5. The lowest BCUT2D eigenvalue weighted by Gasteiger charge is -2.10. The van der Waals surface area contributed by atoms with Crippen LogP contribution in [0.5, 0.6) is 5.75 Å². The number of hydrogen-bond acceptors (Lipinski definition) is 4. The SMILES string of the molecule is CC(C)COc1c[nH]c(Cn2c3ccccc3c3nc4ccccc4nc32)cc1=O. The lowest BCUT2D eigenvalue weighted by atomic mass is 10.2. The molecule has 0 saturated heterocycles. The largest absolute Gasteiger partial charge is 0.488 e. The number of aromatic amines is 1. The molecule has 3 aromatic heterocycles. The second kappa shape index (κ2) is 7.30. The summed E-state index contributed by atoms with van der Waals surface area (Å²) in [5.41, 5.74) is 5.08. The Balaban J connectivity index is 1.62. The summed E-state index contributed by atoms with van der Waals surface area (Å²) in [4.78, 5) is 25.5. The Labute approximate surface area is 173 Å². The summed E-state index contributed by atoms with van der Waals surface area (Å²) >= 11 is 0. The third-order valence-corrected chi connectivity index (χ3v) is 5.10. The van der Waals surface area contributed by atoms with Gasteiger partial charge >= 0.3 is 0 Å². The van der Waals surface area contributed by atoms with Gasteiger partial charge in [0.15, 0.2) is 11.4 Å². The molecule has 0 aliphatic rings. The maximum absolute atomic E-state index is 12.5. The number of benzene rings is 2. The lowest BCUT2D eigenvalue weighted by molar-refractivity contribution is 0.267. The minimum absolute atomic E-state index is 0.123. The zero-order valence-corrected chi connectivity index (χ0v) is 16.9. The van der Waals surface area contributed by atoms with Gasteiger partial charge in [-0.1, -0.05) is 44.2 Å². The summed E-state index contributed by atoms with van der Waals surface area (Å²) in [6.07, 6.45) is 1.65. The van der Waals surface area contributed by atoms with Gasteiger partial charge in [0.1, 0.15) is 5.52 Å². The highest BCUT2D eigenvalue weighted by Gasteiger charge is 2.15. The number of nitrogens with zero attached hydrogens (tertiary/aromatic N) is 3. The maximum atomic E-state index is 12.5. The van der Waals surface area contributed by atoms with E-state index in [4.69, 9.17) is 14.7 Å². The number of aromatic nitrogens is 4. The molecule has 3 heterocycles. The molecule has 6 heteroatoms. The average molecular weight is 398 g/mol. The van der Waals surface area contributed by atoms with Crippen molar-refractivity contribution < 1.29 is 4.74 Å². The van der Waals surface area contributed by atoms with Crippen molar-refractivity contribution in [3.8, 4) is 5.75 Å². The maximum Gasteiger partial charge on any atom is 0.223 e. The second-order valence-corrected chi connectivity index (χ2v) is 7.88. The van der Waals surface area contributed by atoms with E-state index < -0.39 is 0 Å². The van der Waals surface area contributed by atoms with Gasteiger partial charge < -0.3 is 14.3 Å². The van der Waals surface area contributed by atoms with Crippen LogP contribution >= 0.6 is 0 Å². The molecule has 6 nitrogen and oxygen atoms in total. The highest BCUT2D eigenvalue weighted by molar-refractivity contribution is 6.06. The molecule has 0 amide bonds. The monoisotopic (exact) mass is 398 g/mol. The van der Waals surface area contributed by atoms with Crippen molar-refractivity contribution in [2.75, 3.05) is 6.61 Å². The Morgan fingerprint density at radius 1 is 1.03 bits per heavy atom. The Kier molecular flexibility index (Phi) is 4.47. The third-order valence-electron chi connectivity index (χ3n) is 5.10. The fraction of sp³-hybridized carbons (Fsp3) is 0.208. The summed E-state index contributed by atoms with van der Waals surface area (Å²) in [7, 11) is 0. The van der Waals surface area contributed by atoms with Crippen molar-refractivity contribution in [2.45, 2.75) is 20.4 Å². The molecular weight excluding hydrogens is 376 g/mol. The molecule has 0 aliphatic heterocycles. The standard InChI is InChI=1S/C24H22N4O2/c1-15(2)14-30-22-12-25-16(11-21(22)29)13-28-20-10-6-3-7-17(20)23-24(28)27-19-9-5-4-8-18(19)26-23/h3-12,15H,13-14H2,1-2H3,(H,25,29). The van der Waals surface area contributed by atoms with Crippen LogP contribution < -0.4 is 10.2 Å². The summed E-state index contributed by atoms with van der Waals surface area (Å²) < 4.78 is 7.71. The molecule has 30 heavy (non-hydrogen) atoms. The highest BCUT2D eigenvalue weighted by Crippen LogP contribution is 2.28. The van der Waals surface area contributed by atoms with Crippen LogP contribution in [0, 0.1) is 5.92 Å². The minimum atomic E-state index is -0.123. The molecule has 0 aliphatic carbocycles. The van der Waals surface area contributed by atoms with Crippen LogP contribution in [0.15, 0.2) is 65.6 Å². The number of nitrogens with one attached hydrogen (secondary N) is 1. The van der Waals surface area contributed by atoms with Crippen molar-refractivity contribution in [3.05, 3.63) is 76.7 Å². The first kappa shape index (κ1) is 18.4. The van der Waals surface area contributed by atoms with Crippen molar-refractivity contribution in [2.24, 2.45) is 5.92 Å². The molecular formula is C24H22N4O2. The minimum Gasteiger partial charge on any atom is -0.488 e. The van der Waals surface area contributed by atoms with Crippen LogP contribution in [0.1, 0.15) is 19.5 Å². The van der Waals surface area contributed by atoms with E-state index in [0.717, 1.165) is 38.8 Å². The zero-order chi connectivity index (χ0) is 20.7. The average Bonchev–Trinajstić information content (AvgIpc) is 3.04. The fourth-order valence-electron chi connectivity index (χ4n) is 3.67. The Morgan fingerprint density at radius 3 is 2.53 bits per heavy atom. The van der Waals surface area contributed by atoms with Gasteiger partial charge in [-0.15, -0.1) is 0 Å². The Hall–Kier alpha value is -3.67. The molecule has 5 rings (SSSR count). The molecule has 0 radical (unpaired) electrons. The third kappa shape index (κ3) is 3.20. The summed E-state index contributed by atoms with van der Waals surface area (Å²) in [6, 6.07) is 17.6. The van der Waals surface area contributed by atoms with Crippen molar-refractivity contribution in [1.82, 2.24) is 19.5 Å². The summed E-state index contributed by atoms with van der Waals surface area (Å²) in [5, 5.41) is 1.05. The van der Waals surface area contributed by atoms with E-state index in [1.165, 1.54) is 0 Å². The molecule has 150 valence electrons. The zero-order valence-electron chi connectivity index (χ0n) is 16.9. The summed E-state index contributed by atoms with van der Waals surface area (Å²) in [5.74, 6) is 0.704. The first-order chi connectivity index (χ1) is 14.6. The first-order valence-electron chi connectivity index (χ1n) is 10.1. The van der Waals surface area contributed by atoms with Gasteiger partial charge in [-0.05, 0) is 24.1 Å². The van der Waals surface area contributed by atoms with Crippen LogP contribution in [-0.2, 0) is 6.54 Å². The molecule has 0 fully saturated rings. The second-order valence-electron chi connectivity index (χ2n) is 7.88. The fourth-order valence-corrected chi connectivity index (χ4v) is 3.67. The van der Waals surface area contributed by atoms with Gasteiger partial charge in [0, 0.05) is 23.3 Å². The van der Waals surface area contributed by atoms with E-state index in [1.54, 1.807) is 12.3 Å². The van der Waals surface area contributed by atoms with Crippen molar-refractivity contribution in [1.29, 1.82) is 0 Å². The van der Waals surface area contributed by atoms with E-state index in [9.17, 15) is 4.79 Å². The molecule has 0 unspecified atom stereocenters. The van der Waals surface area contributed by atoms with Gasteiger partial charge in [-0.3, -0.25) is 4.79 Å². The van der Waals surface area contributed by atoms with Crippen molar-refractivity contribution in [3.63, 3.8) is 0 Å². The normalized spacial score (nSPS) is 11.7. The quantitative estimate of drug-likeness (QED) is 0.473. The van der Waals surface area contributed by atoms with E-state index in [1.807, 2.05) is 36.4 Å². The van der Waals surface area contributed by atoms with Crippen LogP contribution in [-0.4, -0.2) is 26.1 Å². The van der Waals surface area contributed by atoms with E-state index in [-0.39, 0.29) is 5.43 Å². The first-order valence-corrected chi connectivity index (χ1v) is 10.1. The molecule has 0 saturated carbocycles. The van der Waals surface area contributed by atoms with Crippen molar-refractivity contribution >= 4 is 33.1 Å². The van der Waals surface area contributed by atoms with Crippen LogP contribution in [0.25, 0.3) is 33.1 Å². The highest BCUT2D eigenvalue weighted by atomic mass is 16.5. The van der Waals surface area contributed by atoms with Gasteiger partial charge in [-0.25, -0.2) is 9.97 Å². The van der Waals surface area contributed by atoms with Gasteiger partial charge in [-0.2, -0.15) is 0 Å². The predicted molar refractivity (Wildman–Crippen MR) is 119 cm³/mol. The number of fused-ring (bicyclic) bond motifs is 4. The number of hydrogen-bond donors (Lipinski definition) is 1. The Morgan fingerprint density at radius 2 is 1.77 bits per heavy atom. The van der Waals surface area contributed by atoms with E-state index in [0.29, 0.717) is 24.8 Å². The van der Waals surface area contributed by atoms with Gasteiger partial charge in [0.25, 0.3) is 0 Å². The van der Waals surface area contributed by atoms with E-state index in [2.05, 4.69) is 35.5 Å². The molecule has 0 bridgehead atoms. The topological polar surface area (TPSA) is 72.8 Å². The molecule has 5 aromatic rings. The van der Waals surface area contributed by atoms with Crippen LogP contribution in [0.2, 0.25) is 0 Å². The van der Waals surface area contributed by atoms with Crippen LogP contribution in [0.3, 0.4) is 0 Å². The number of ether oxygens (including phenoxy) is 1. The molecule has 0 spiro atoms. The molecule has 0 atom stereocenters. The molecule has 2 aromatic carbocycles. The lowest BCUT2D eigenvalue weighted by Crippen LogP contribution is -2.14. The summed E-state index contributed by atoms with van der Waals surface area (Å²) in [6.45, 7) is 5.10. The smallest absolute Gasteiger partial charge is 0.223 e. The number of H-pyrrole nitrogens is 1. The van der Waals surface area contributed by atoms with Gasteiger partial charge in [0.2, 0.25) is 5.43 Å². The van der Waals surface area contributed by atoms with Gasteiger partial charge in [0.05, 0.1) is 29.7 Å². The predicted octanol–water partition coefficient (Wildman–Crippen LogP) is 4.51. The van der Waals surface area contributed by atoms with E-state index >= 15 is 0 Å².